The van der Waals surface area contributed by atoms with Crippen LogP contribution in [0.4, 0.5) is 0 Å². The van der Waals surface area contributed by atoms with Gasteiger partial charge in [-0.15, -0.1) is 0 Å². The standard InChI is InChI=1S/C7H17N.C2H4O5S/c1-2-3-4-5-6-7-8;3-2(4)1-8(5,6)7/h2-8H2,1H3;1H2,(H,3,4)(H,5,6,7). The molecule has 0 aromatic rings. The van der Waals surface area contributed by atoms with Crippen LogP contribution in [0.15, 0.2) is 0 Å². The third-order valence-corrected chi connectivity index (χ3v) is 2.25. The molecule has 0 aromatic heterocycles. The Bertz CT molecular complexity index is 257. The second-order valence-corrected chi connectivity index (χ2v) is 4.82. The molecule has 4 N–H and O–H groups in total. The molecule has 0 fully saturated rings. The van der Waals surface area contributed by atoms with Crippen molar-refractivity contribution in [2.24, 2.45) is 0 Å². The summed E-state index contributed by atoms with van der Waals surface area (Å²) in [6.45, 7) is 3.36. The van der Waals surface area contributed by atoms with Crippen molar-refractivity contribution in [3.8, 4) is 0 Å². The van der Waals surface area contributed by atoms with Gasteiger partial charge in [0.2, 0.25) is 0 Å². The summed E-state index contributed by atoms with van der Waals surface area (Å²) in [5, 5.41) is 9.36. The third kappa shape index (κ3) is 23.3. The Morgan fingerprint density at radius 1 is 1.25 bits per heavy atom. The van der Waals surface area contributed by atoms with E-state index >= 15 is 0 Å². The molecule has 7 heteroatoms. The minimum absolute atomic E-state index is 1.11. The van der Waals surface area contributed by atoms with Gasteiger partial charge in [-0.3, -0.25) is 4.55 Å². The number of unbranched alkanes of at least 4 members (excludes halogenated alkanes) is 4. The molecule has 6 nitrogen and oxygen atoms in total. The summed E-state index contributed by atoms with van der Waals surface area (Å²) in [5.41, 5.74) is 3.78. The molecule has 0 rings (SSSR count). The van der Waals surface area contributed by atoms with E-state index in [1.807, 2.05) is 0 Å². The van der Waals surface area contributed by atoms with Gasteiger partial charge in [-0.25, -0.2) is 0 Å². The predicted molar refractivity (Wildman–Crippen MR) is 57.9 cm³/mol. The maximum Gasteiger partial charge on any atom is 0.270 e. The van der Waals surface area contributed by atoms with Gasteiger partial charge >= 0.3 is 0 Å². The van der Waals surface area contributed by atoms with Crippen LogP contribution in [0.3, 0.4) is 0 Å². The smallest absolute Gasteiger partial charge is 0.270 e. The van der Waals surface area contributed by atoms with Crippen molar-refractivity contribution in [1.82, 2.24) is 0 Å². The van der Waals surface area contributed by atoms with E-state index in [0.717, 1.165) is 6.54 Å². The van der Waals surface area contributed by atoms with Crippen molar-refractivity contribution < 1.29 is 28.6 Å². The first-order valence-corrected chi connectivity index (χ1v) is 6.88. The molecule has 0 saturated carbocycles. The molecule has 0 saturated heterocycles. The highest BCUT2D eigenvalue weighted by Gasteiger charge is 2.02. The second-order valence-electron chi connectivity index (χ2n) is 3.37. The molecular formula is C9H21NO5S. The Morgan fingerprint density at radius 2 is 1.75 bits per heavy atom. The van der Waals surface area contributed by atoms with Gasteiger partial charge < -0.3 is 15.6 Å². The molecule has 0 unspecified atom stereocenters. The summed E-state index contributed by atoms with van der Waals surface area (Å²) in [6, 6.07) is 0. The van der Waals surface area contributed by atoms with Crippen LogP contribution in [-0.4, -0.2) is 31.2 Å². The van der Waals surface area contributed by atoms with Gasteiger partial charge in [-0.2, -0.15) is 8.42 Å². The number of carboxylic acid groups (broad SMARTS) is 1. The third-order valence-electron chi connectivity index (χ3n) is 1.65. The van der Waals surface area contributed by atoms with Crippen molar-refractivity contribution in [1.29, 1.82) is 0 Å². The van der Waals surface area contributed by atoms with Crippen LogP contribution in [-0.2, 0) is 14.9 Å². The Labute approximate surface area is 96.6 Å². The van der Waals surface area contributed by atoms with Gasteiger partial charge in [0.1, 0.15) is 5.75 Å². The average Bonchev–Trinajstić information content (AvgIpc) is 2.09. The Hall–Kier alpha value is -0.660. The van der Waals surface area contributed by atoms with E-state index in [0.29, 0.717) is 0 Å². The zero-order valence-corrected chi connectivity index (χ0v) is 10.5. The molecule has 0 atom stereocenters. The Morgan fingerprint density at radius 3 is 2.00 bits per heavy atom. The first kappa shape index (κ1) is 17.7. The Balaban J connectivity index is 0. The maximum absolute atomic E-state index is 9.58. The fraction of sp³-hybridized carbons (Fsp3) is 0.889. The van der Waals surface area contributed by atoms with Crippen LogP contribution in [0, 0.1) is 0 Å². The first-order valence-electron chi connectivity index (χ1n) is 5.27. The quantitative estimate of drug-likeness (QED) is 0.438. The SMILES string of the molecule is CCCCCCC[NH3+].O=C([O-])CS(=O)(=O)O. The zero-order valence-electron chi connectivity index (χ0n) is 9.65. The van der Waals surface area contributed by atoms with Gasteiger partial charge in [-0.1, -0.05) is 26.2 Å². The van der Waals surface area contributed by atoms with E-state index in [4.69, 9.17) is 4.55 Å². The number of aliphatic carboxylic acids is 1. The average molecular weight is 255 g/mol. The van der Waals surface area contributed by atoms with E-state index in [1.165, 1.54) is 32.1 Å². The highest BCUT2D eigenvalue weighted by atomic mass is 32.2. The lowest BCUT2D eigenvalue weighted by molar-refractivity contribution is -0.368. The fourth-order valence-electron chi connectivity index (χ4n) is 0.929. The molecule has 0 aliphatic heterocycles. The monoisotopic (exact) mass is 255 g/mol. The lowest BCUT2D eigenvalue weighted by Gasteiger charge is -1.94. The van der Waals surface area contributed by atoms with Crippen molar-refractivity contribution in [3.63, 3.8) is 0 Å². The summed E-state index contributed by atoms with van der Waals surface area (Å²) >= 11 is 0. The van der Waals surface area contributed by atoms with Gasteiger partial charge in [0, 0.05) is 0 Å². The van der Waals surface area contributed by atoms with Crippen molar-refractivity contribution in [2.45, 2.75) is 39.0 Å². The largest absolute Gasteiger partial charge is 0.549 e. The molecule has 0 amide bonds. The highest BCUT2D eigenvalue weighted by molar-refractivity contribution is 7.86. The predicted octanol–water partition coefficient (Wildman–Crippen LogP) is -1.18. The number of hydrogen-bond donors (Lipinski definition) is 2. The molecule has 0 heterocycles. The molecular weight excluding hydrogens is 234 g/mol. The number of carboxylic acids is 1. The molecule has 0 radical (unpaired) electrons. The van der Waals surface area contributed by atoms with E-state index in [9.17, 15) is 18.3 Å². The number of carbonyl (C=O) groups is 1. The van der Waals surface area contributed by atoms with E-state index in [1.54, 1.807) is 0 Å². The van der Waals surface area contributed by atoms with Gasteiger partial charge in [0.05, 0.1) is 12.5 Å². The molecule has 16 heavy (non-hydrogen) atoms. The van der Waals surface area contributed by atoms with Gasteiger partial charge in [0.25, 0.3) is 10.1 Å². The molecule has 0 aromatic carbocycles. The first-order chi connectivity index (χ1) is 7.33. The molecule has 0 aliphatic rings. The van der Waals surface area contributed by atoms with Crippen molar-refractivity contribution in [2.75, 3.05) is 12.3 Å². The number of rotatable bonds is 7. The summed E-state index contributed by atoms with van der Waals surface area (Å²) < 4.78 is 26.9. The zero-order chi connectivity index (χ0) is 13.0. The van der Waals surface area contributed by atoms with Crippen LogP contribution in [0.5, 0.6) is 0 Å². The minimum Gasteiger partial charge on any atom is -0.549 e. The van der Waals surface area contributed by atoms with Crippen LogP contribution < -0.4 is 10.8 Å². The van der Waals surface area contributed by atoms with Gasteiger partial charge in [-0.05, 0) is 12.8 Å². The maximum atomic E-state index is 9.58. The summed E-state index contributed by atoms with van der Waals surface area (Å²) in [7, 11) is -4.39. The minimum atomic E-state index is -4.39. The van der Waals surface area contributed by atoms with Crippen LogP contribution in [0.2, 0.25) is 0 Å². The van der Waals surface area contributed by atoms with Crippen molar-refractivity contribution in [3.05, 3.63) is 0 Å². The number of carbonyl (C=O) groups excluding carboxylic acids is 1. The molecule has 0 aliphatic carbocycles. The van der Waals surface area contributed by atoms with Gasteiger partial charge in [0.15, 0.2) is 0 Å². The van der Waals surface area contributed by atoms with Crippen LogP contribution in [0.1, 0.15) is 39.0 Å². The summed E-state index contributed by atoms with van der Waals surface area (Å²) in [4.78, 5) is 9.36. The second kappa shape index (κ2) is 10.8. The fourth-order valence-corrected chi connectivity index (χ4v) is 1.23. The lowest BCUT2D eigenvalue weighted by atomic mass is 10.2. The normalized spacial score (nSPS) is 10.4. The Kier molecular flexibility index (Phi) is 12.0. The molecule has 0 bridgehead atoms. The number of hydrogen-bond acceptors (Lipinski definition) is 4. The van der Waals surface area contributed by atoms with E-state index in [-0.39, 0.29) is 0 Å². The summed E-state index contributed by atoms with van der Waals surface area (Å²) in [6.07, 6.45) is 6.86. The summed E-state index contributed by atoms with van der Waals surface area (Å²) in [5.74, 6) is -3.15. The van der Waals surface area contributed by atoms with E-state index in [2.05, 4.69) is 12.7 Å². The molecule has 0 spiro atoms. The number of quaternary nitrogens is 1. The topological polar surface area (TPSA) is 122 Å². The highest BCUT2D eigenvalue weighted by Crippen LogP contribution is 1.99. The van der Waals surface area contributed by atoms with Crippen molar-refractivity contribution >= 4 is 16.1 Å². The van der Waals surface area contributed by atoms with E-state index < -0.39 is 21.8 Å². The van der Waals surface area contributed by atoms with Crippen LogP contribution in [0.25, 0.3) is 0 Å². The molecule has 98 valence electrons. The van der Waals surface area contributed by atoms with Crippen LogP contribution >= 0.6 is 0 Å². The lowest BCUT2D eigenvalue weighted by Crippen LogP contribution is -2.50.